The molecule has 0 amide bonds. The third kappa shape index (κ3) is 7.49. The van der Waals surface area contributed by atoms with Gasteiger partial charge in [-0.3, -0.25) is 4.90 Å². The van der Waals surface area contributed by atoms with Crippen molar-refractivity contribution in [1.29, 1.82) is 0 Å². The highest BCUT2D eigenvalue weighted by atomic mass is 16.5. The molecule has 6 heteroatoms. The van der Waals surface area contributed by atoms with E-state index in [4.69, 9.17) is 18.9 Å². The van der Waals surface area contributed by atoms with Crippen LogP contribution >= 0.6 is 0 Å². The van der Waals surface area contributed by atoms with E-state index in [0.717, 1.165) is 12.1 Å². The number of hydrogen-bond donors (Lipinski definition) is 1. The summed E-state index contributed by atoms with van der Waals surface area (Å²) in [6.07, 6.45) is -0.428. The maximum absolute atomic E-state index is 10.2. The van der Waals surface area contributed by atoms with E-state index in [9.17, 15) is 5.11 Å². The minimum atomic E-state index is -0.538. The van der Waals surface area contributed by atoms with E-state index in [0.29, 0.717) is 37.8 Å². The second-order valence-corrected chi connectivity index (χ2v) is 5.95. The van der Waals surface area contributed by atoms with Crippen LogP contribution in [-0.4, -0.2) is 69.8 Å². The number of rotatable bonds is 12. The third-order valence-corrected chi connectivity index (χ3v) is 3.56. The molecule has 0 aliphatic carbocycles. The fraction of sp³-hybridized carbons (Fsp3) is 0.667. The van der Waals surface area contributed by atoms with Gasteiger partial charge in [0.1, 0.15) is 0 Å². The summed E-state index contributed by atoms with van der Waals surface area (Å²) in [5.74, 6) is 1.40. The summed E-state index contributed by atoms with van der Waals surface area (Å²) in [6.45, 7) is 6.77. The van der Waals surface area contributed by atoms with E-state index < -0.39 is 6.10 Å². The van der Waals surface area contributed by atoms with Crippen LogP contribution in [0.1, 0.15) is 19.4 Å². The predicted octanol–water partition coefficient (Wildman–Crippen LogP) is 1.94. The summed E-state index contributed by atoms with van der Waals surface area (Å²) < 4.78 is 21.3. The highest BCUT2D eigenvalue weighted by Crippen LogP contribution is 2.28. The Kier molecular flexibility index (Phi) is 9.71. The minimum Gasteiger partial charge on any atom is -0.493 e. The molecule has 1 N–H and O–H groups in total. The van der Waals surface area contributed by atoms with Crippen molar-refractivity contribution in [2.45, 2.75) is 32.6 Å². The lowest BCUT2D eigenvalue weighted by Crippen LogP contribution is -2.37. The van der Waals surface area contributed by atoms with Gasteiger partial charge in [0, 0.05) is 26.7 Å². The molecule has 0 saturated heterocycles. The predicted molar refractivity (Wildman–Crippen MR) is 93.8 cm³/mol. The van der Waals surface area contributed by atoms with E-state index in [-0.39, 0.29) is 6.10 Å². The molecule has 24 heavy (non-hydrogen) atoms. The van der Waals surface area contributed by atoms with Gasteiger partial charge < -0.3 is 24.1 Å². The van der Waals surface area contributed by atoms with Crippen LogP contribution in [-0.2, 0) is 16.0 Å². The molecule has 1 aromatic carbocycles. The lowest BCUT2D eigenvalue weighted by atomic mass is 10.1. The molecule has 6 nitrogen and oxygen atoms in total. The Hall–Kier alpha value is -1.34. The van der Waals surface area contributed by atoms with Crippen molar-refractivity contribution in [3.05, 3.63) is 23.8 Å². The Morgan fingerprint density at radius 2 is 1.79 bits per heavy atom. The zero-order valence-corrected chi connectivity index (χ0v) is 15.4. The Balaban J connectivity index is 2.70. The molecular formula is C18H31NO5. The molecular weight excluding hydrogens is 310 g/mol. The number of aliphatic hydroxyl groups is 1. The first-order chi connectivity index (χ1) is 11.5. The number of methoxy groups -OCH3 is 3. The van der Waals surface area contributed by atoms with Crippen LogP contribution in [0.2, 0.25) is 0 Å². The van der Waals surface area contributed by atoms with Crippen LogP contribution in [0.4, 0.5) is 0 Å². The molecule has 0 aliphatic rings. The maximum atomic E-state index is 10.2. The van der Waals surface area contributed by atoms with Crippen LogP contribution in [0.25, 0.3) is 0 Å². The first-order valence-corrected chi connectivity index (χ1v) is 8.22. The summed E-state index contributed by atoms with van der Waals surface area (Å²) in [7, 11) is 4.91. The van der Waals surface area contributed by atoms with Crippen LogP contribution in [0.15, 0.2) is 18.2 Å². The van der Waals surface area contributed by atoms with Crippen molar-refractivity contribution in [3.63, 3.8) is 0 Å². The quantitative estimate of drug-likeness (QED) is 0.627. The zero-order valence-electron chi connectivity index (χ0n) is 15.4. The van der Waals surface area contributed by atoms with Crippen molar-refractivity contribution in [3.8, 4) is 11.5 Å². The third-order valence-electron chi connectivity index (χ3n) is 3.56. The molecule has 0 aliphatic heterocycles. The number of aliphatic hydroxyl groups excluding tert-OH is 1. The molecule has 0 fully saturated rings. The zero-order chi connectivity index (χ0) is 17.9. The van der Waals surface area contributed by atoms with Crippen molar-refractivity contribution in [2.75, 3.05) is 47.6 Å². The van der Waals surface area contributed by atoms with Gasteiger partial charge in [-0.05, 0) is 31.5 Å². The van der Waals surface area contributed by atoms with Crippen molar-refractivity contribution in [2.24, 2.45) is 0 Å². The summed E-state index contributed by atoms with van der Waals surface area (Å²) in [4.78, 5) is 2.14. The lowest BCUT2D eigenvalue weighted by molar-refractivity contribution is -0.0121. The van der Waals surface area contributed by atoms with Crippen LogP contribution < -0.4 is 9.47 Å². The van der Waals surface area contributed by atoms with E-state index in [1.54, 1.807) is 21.3 Å². The highest BCUT2D eigenvalue weighted by molar-refractivity contribution is 5.42. The Morgan fingerprint density at radius 1 is 1.08 bits per heavy atom. The summed E-state index contributed by atoms with van der Waals surface area (Å²) >= 11 is 0. The van der Waals surface area contributed by atoms with Gasteiger partial charge >= 0.3 is 0 Å². The van der Waals surface area contributed by atoms with Gasteiger partial charge in [-0.15, -0.1) is 0 Å². The molecule has 0 aromatic heterocycles. The Bertz CT molecular complexity index is 467. The van der Waals surface area contributed by atoms with Crippen molar-refractivity contribution in [1.82, 2.24) is 4.90 Å². The molecule has 0 saturated carbocycles. The number of ether oxygens (including phenoxy) is 4. The van der Waals surface area contributed by atoms with Gasteiger partial charge in [-0.2, -0.15) is 0 Å². The first kappa shape index (κ1) is 20.7. The Morgan fingerprint density at radius 3 is 2.38 bits per heavy atom. The van der Waals surface area contributed by atoms with Gasteiger partial charge in [0.05, 0.1) is 39.6 Å². The van der Waals surface area contributed by atoms with Crippen molar-refractivity contribution >= 4 is 0 Å². The van der Waals surface area contributed by atoms with E-state index in [1.807, 2.05) is 32.0 Å². The number of hydrogen-bond acceptors (Lipinski definition) is 6. The molecule has 1 aromatic rings. The first-order valence-electron chi connectivity index (χ1n) is 8.22. The van der Waals surface area contributed by atoms with Crippen LogP contribution in [0.3, 0.4) is 0 Å². The molecule has 138 valence electrons. The van der Waals surface area contributed by atoms with Gasteiger partial charge in [-0.1, -0.05) is 6.07 Å². The van der Waals surface area contributed by atoms with E-state index >= 15 is 0 Å². The molecule has 1 rings (SSSR count). The van der Waals surface area contributed by atoms with E-state index in [2.05, 4.69) is 4.90 Å². The molecule has 0 spiro atoms. The smallest absolute Gasteiger partial charge is 0.161 e. The summed E-state index contributed by atoms with van der Waals surface area (Å²) in [5.41, 5.74) is 1.08. The normalized spacial score (nSPS) is 12.7. The number of benzene rings is 1. The SMILES string of the molecule is COCCN(Cc1ccc(OC)c(OC)c1)C[C@@H](O)COC(C)C. The van der Waals surface area contributed by atoms with E-state index in [1.165, 1.54) is 0 Å². The molecule has 0 bridgehead atoms. The fourth-order valence-electron chi connectivity index (χ4n) is 2.35. The molecule has 0 heterocycles. The standard InChI is InChI=1S/C18H31NO5/c1-14(2)24-13-16(20)12-19(8-9-21-3)11-15-6-7-17(22-4)18(10-15)23-5/h6-7,10,14,16,20H,8-9,11-13H2,1-5H3/t16-/m1/s1. The second-order valence-electron chi connectivity index (χ2n) is 5.95. The maximum Gasteiger partial charge on any atom is 0.161 e. The topological polar surface area (TPSA) is 60.4 Å². The monoisotopic (exact) mass is 341 g/mol. The summed E-state index contributed by atoms with van der Waals surface area (Å²) in [5, 5.41) is 10.2. The fourth-order valence-corrected chi connectivity index (χ4v) is 2.35. The summed E-state index contributed by atoms with van der Waals surface area (Å²) in [6, 6.07) is 5.84. The molecule has 0 radical (unpaired) electrons. The van der Waals surface area contributed by atoms with Gasteiger partial charge in [0.2, 0.25) is 0 Å². The van der Waals surface area contributed by atoms with Gasteiger partial charge in [0.25, 0.3) is 0 Å². The molecule has 0 unspecified atom stereocenters. The van der Waals surface area contributed by atoms with Crippen molar-refractivity contribution < 1.29 is 24.1 Å². The molecule has 1 atom stereocenters. The number of nitrogens with zero attached hydrogens (tertiary/aromatic N) is 1. The highest BCUT2D eigenvalue weighted by Gasteiger charge is 2.14. The van der Waals surface area contributed by atoms with Crippen LogP contribution in [0.5, 0.6) is 11.5 Å². The van der Waals surface area contributed by atoms with Gasteiger partial charge in [-0.25, -0.2) is 0 Å². The lowest BCUT2D eigenvalue weighted by Gasteiger charge is -2.25. The van der Waals surface area contributed by atoms with Crippen LogP contribution in [0, 0.1) is 0 Å². The second kappa shape index (κ2) is 11.3. The largest absolute Gasteiger partial charge is 0.493 e. The Labute approximate surface area is 145 Å². The average Bonchev–Trinajstić information content (AvgIpc) is 2.57. The average molecular weight is 341 g/mol. The minimum absolute atomic E-state index is 0.109. The van der Waals surface area contributed by atoms with Gasteiger partial charge in [0.15, 0.2) is 11.5 Å².